The molecule has 0 saturated carbocycles. The average Bonchev–Trinajstić information content (AvgIpc) is 2.58. The largest absolute Gasteiger partial charge is 0.387 e. The Morgan fingerprint density at radius 2 is 2.00 bits per heavy atom. The summed E-state index contributed by atoms with van der Waals surface area (Å²) in [7, 11) is 0. The quantitative estimate of drug-likeness (QED) is 0.326. The van der Waals surface area contributed by atoms with Gasteiger partial charge in [-0.15, -0.1) is 0 Å². The van der Waals surface area contributed by atoms with Crippen molar-refractivity contribution in [2.75, 3.05) is 0 Å². The molecule has 0 spiro atoms. The standard InChI is InChI=1S/C6H8O3/c7-3-1-2-4-6(9-4)5(3)8/h1-8H. The molecule has 2 N–H and O–H groups in total. The van der Waals surface area contributed by atoms with E-state index in [1.807, 2.05) is 0 Å². The van der Waals surface area contributed by atoms with E-state index in [9.17, 15) is 0 Å². The molecule has 0 aromatic rings. The minimum atomic E-state index is -0.728. The van der Waals surface area contributed by atoms with Gasteiger partial charge in [0, 0.05) is 0 Å². The number of fused-ring (bicyclic) bond motifs is 1. The monoisotopic (exact) mass is 128 g/mol. The second-order valence-corrected chi connectivity index (χ2v) is 2.43. The van der Waals surface area contributed by atoms with E-state index in [1.165, 1.54) is 0 Å². The molecule has 0 bridgehead atoms. The number of rotatable bonds is 0. The first-order valence-electron chi connectivity index (χ1n) is 2.99. The molecular weight excluding hydrogens is 120 g/mol. The Bertz CT molecular complexity index is 154. The van der Waals surface area contributed by atoms with Crippen LogP contribution in [-0.4, -0.2) is 34.6 Å². The highest BCUT2D eigenvalue weighted by Gasteiger charge is 2.47. The SMILES string of the molecule is OC1C=CC2OC2C1O. The van der Waals surface area contributed by atoms with E-state index in [2.05, 4.69) is 0 Å². The maximum absolute atomic E-state index is 9.06. The second kappa shape index (κ2) is 1.56. The number of hydrogen-bond donors (Lipinski definition) is 2. The van der Waals surface area contributed by atoms with Crippen molar-refractivity contribution in [1.29, 1.82) is 0 Å². The van der Waals surface area contributed by atoms with Gasteiger partial charge in [0.05, 0.1) is 0 Å². The van der Waals surface area contributed by atoms with E-state index in [4.69, 9.17) is 14.9 Å². The van der Waals surface area contributed by atoms with Crippen molar-refractivity contribution in [2.24, 2.45) is 0 Å². The van der Waals surface area contributed by atoms with Gasteiger partial charge >= 0.3 is 0 Å². The number of hydrogen-bond acceptors (Lipinski definition) is 3. The first-order valence-corrected chi connectivity index (χ1v) is 2.99. The van der Waals surface area contributed by atoms with Crippen molar-refractivity contribution in [3.63, 3.8) is 0 Å². The van der Waals surface area contributed by atoms with Crippen LogP contribution in [0.1, 0.15) is 0 Å². The van der Waals surface area contributed by atoms with Crippen molar-refractivity contribution in [3.8, 4) is 0 Å². The van der Waals surface area contributed by atoms with Crippen LogP contribution in [0.15, 0.2) is 12.2 Å². The molecule has 0 radical (unpaired) electrons. The first kappa shape index (κ1) is 5.41. The zero-order valence-corrected chi connectivity index (χ0v) is 4.77. The Morgan fingerprint density at radius 3 is 2.67 bits per heavy atom. The molecule has 1 aliphatic heterocycles. The number of aliphatic hydroxyl groups excluding tert-OH is 2. The van der Waals surface area contributed by atoms with Crippen LogP contribution in [0.4, 0.5) is 0 Å². The van der Waals surface area contributed by atoms with Gasteiger partial charge in [-0.2, -0.15) is 0 Å². The highest BCUT2D eigenvalue weighted by molar-refractivity contribution is 5.15. The fraction of sp³-hybridized carbons (Fsp3) is 0.667. The van der Waals surface area contributed by atoms with Crippen LogP contribution in [0.2, 0.25) is 0 Å². The maximum atomic E-state index is 9.06. The highest BCUT2D eigenvalue weighted by Crippen LogP contribution is 2.31. The Balaban J connectivity index is 2.16. The van der Waals surface area contributed by atoms with Crippen molar-refractivity contribution in [1.82, 2.24) is 0 Å². The first-order chi connectivity index (χ1) is 4.29. The molecule has 3 heteroatoms. The summed E-state index contributed by atoms with van der Waals surface area (Å²) in [5.74, 6) is 0. The van der Waals surface area contributed by atoms with E-state index < -0.39 is 12.2 Å². The Kier molecular flexibility index (Phi) is 0.939. The zero-order valence-electron chi connectivity index (χ0n) is 4.77. The highest BCUT2D eigenvalue weighted by atomic mass is 16.6. The van der Waals surface area contributed by atoms with Gasteiger partial charge in [0.15, 0.2) is 0 Å². The van der Waals surface area contributed by atoms with Crippen molar-refractivity contribution < 1.29 is 14.9 Å². The van der Waals surface area contributed by atoms with E-state index in [1.54, 1.807) is 12.2 Å². The van der Waals surface area contributed by atoms with E-state index in [-0.39, 0.29) is 12.2 Å². The molecule has 4 atom stereocenters. The fourth-order valence-electron chi connectivity index (χ4n) is 1.10. The lowest BCUT2D eigenvalue weighted by atomic mass is 10.0. The lowest BCUT2D eigenvalue weighted by Gasteiger charge is -2.13. The van der Waals surface area contributed by atoms with E-state index >= 15 is 0 Å². The van der Waals surface area contributed by atoms with Gasteiger partial charge in [0.2, 0.25) is 0 Å². The Hall–Kier alpha value is -0.380. The summed E-state index contributed by atoms with van der Waals surface area (Å²) in [5, 5.41) is 18.0. The molecule has 0 aromatic carbocycles. The van der Waals surface area contributed by atoms with Gasteiger partial charge in [-0.3, -0.25) is 0 Å². The van der Waals surface area contributed by atoms with Crippen LogP contribution in [0.3, 0.4) is 0 Å². The summed E-state index contributed by atoms with van der Waals surface area (Å²) in [6, 6.07) is 0. The van der Waals surface area contributed by atoms with Gasteiger partial charge < -0.3 is 14.9 Å². The Morgan fingerprint density at radius 1 is 1.22 bits per heavy atom. The summed E-state index contributed by atoms with van der Waals surface area (Å²) in [6.07, 6.45) is 1.85. The van der Waals surface area contributed by atoms with Gasteiger partial charge in [0.1, 0.15) is 24.4 Å². The van der Waals surface area contributed by atoms with Gasteiger partial charge in [-0.05, 0) is 0 Å². The van der Waals surface area contributed by atoms with Crippen molar-refractivity contribution in [2.45, 2.75) is 24.4 Å². The van der Waals surface area contributed by atoms with E-state index in [0.29, 0.717) is 0 Å². The predicted octanol–water partition coefficient (Wildman–Crippen LogP) is -0.955. The average molecular weight is 128 g/mol. The third-order valence-electron chi connectivity index (χ3n) is 1.75. The summed E-state index contributed by atoms with van der Waals surface area (Å²) >= 11 is 0. The predicted molar refractivity (Wildman–Crippen MR) is 29.8 cm³/mol. The maximum Gasteiger partial charge on any atom is 0.117 e. The molecule has 1 fully saturated rings. The normalized spacial score (nSPS) is 54.9. The van der Waals surface area contributed by atoms with Gasteiger partial charge in [-0.25, -0.2) is 0 Å². The molecule has 9 heavy (non-hydrogen) atoms. The molecule has 2 rings (SSSR count). The molecule has 1 saturated heterocycles. The minimum absolute atomic E-state index is 0.0726. The smallest absolute Gasteiger partial charge is 0.117 e. The van der Waals surface area contributed by atoms with Crippen LogP contribution in [0.5, 0.6) is 0 Å². The fourth-order valence-corrected chi connectivity index (χ4v) is 1.10. The van der Waals surface area contributed by atoms with E-state index in [0.717, 1.165) is 0 Å². The zero-order chi connectivity index (χ0) is 6.43. The molecule has 0 aromatic heterocycles. The van der Waals surface area contributed by atoms with Crippen LogP contribution in [-0.2, 0) is 4.74 Å². The number of aliphatic hydroxyl groups is 2. The second-order valence-electron chi connectivity index (χ2n) is 2.43. The number of ether oxygens (including phenoxy) is 1. The summed E-state index contributed by atoms with van der Waals surface area (Å²) in [6.45, 7) is 0. The molecular formula is C6H8O3. The van der Waals surface area contributed by atoms with Gasteiger partial charge in [0.25, 0.3) is 0 Å². The number of epoxide rings is 1. The topological polar surface area (TPSA) is 53.0 Å². The molecule has 1 aliphatic carbocycles. The third kappa shape index (κ3) is 0.694. The lowest BCUT2D eigenvalue weighted by molar-refractivity contribution is 0.0288. The van der Waals surface area contributed by atoms with Crippen LogP contribution in [0.25, 0.3) is 0 Å². The molecule has 1 heterocycles. The van der Waals surface area contributed by atoms with Crippen molar-refractivity contribution in [3.05, 3.63) is 12.2 Å². The molecule has 0 amide bonds. The third-order valence-corrected chi connectivity index (χ3v) is 1.75. The van der Waals surface area contributed by atoms with Crippen LogP contribution in [0, 0.1) is 0 Å². The Labute approximate surface area is 52.6 Å². The van der Waals surface area contributed by atoms with Gasteiger partial charge in [-0.1, -0.05) is 12.2 Å². The molecule has 2 aliphatic rings. The minimum Gasteiger partial charge on any atom is -0.387 e. The lowest BCUT2D eigenvalue weighted by Crippen LogP contribution is -2.32. The van der Waals surface area contributed by atoms with Crippen LogP contribution >= 0.6 is 0 Å². The van der Waals surface area contributed by atoms with Crippen LogP contribution < -0.4 is 0 Å². The summed E-state index contributed by atoms with van der Waals surface area (Å²) in [5.41, 5.74) is 0. The molecule has 50 valence electrons. The van der Waals surface area contributed by atoms with Crippen molar-refractivity contribution >= 4 is 0 Å². The molecule has 4 unspecified atom stereocenters. The molecule has 3 nitrogen and oxygen atoms in total. The summed E-state index contributed by atoms with van der Waals surface area (Å²) in [4.78, 5) is 0. The summed E-state index contributed by atoms with van der Waals surface area (Å²) < 4.78 is 4.96.